The Labute approximate surface area is 192 Å². The fraction of sp³-hybridized carbons (Fsp3) is 0.100. The molecule has 4 aromatic rings. The number of benzene rings is 2. The van der Waals surface area contributed by atoms with Crippen molar-refractivity contribution in [3.05, 3.63) is 64.8 Å². The summed E-state index contributed by atoms with van der Waals surface area (Å²) in [6.07, 6.45) is 1.54. The van der Waals surface area contributed by atoms with E-state index >= 15 is 0 Å². The molecule has 2 aromatic carbocycles. The number of primary sulfonamides is 1. The van der Waals surface area contributed by atoms with Crippen LogP contribution in [0.1, 0.15) is 5.56 Å². The Morgan fingerprint density at radius 2 is 1.84 bits per heavy atom. The third-order valence-corrected chi connectivity index (χ3v) is 6.57. The number of sulfonamides is 1. The monoisotopic (exact) mass is 515 g/mol. The number of aromatic nitrogens is 5. The Morgan fingerprint density at radius 1 is 1.09 bits per heavy atom. The first-order valence-corrected chi connectivity index (χ1v) is 11.6. The first-order chi connectivity index (χ1) is 15.3. The first-order valence-electron chi connectivity index (χ1n) is 9.24. The molecule has 0 saturated carbocycles. The average molecular weight is 516 g/mol. The Hall–Kier alpha value is -3.35. The van der Waals surface area contributed by atoms with Crippen molar-refractivity contribution < 1.29 is 13.2 Å². The summed E-state index contributed by atoms with van der Waals surface area (Å²) >= 11 is 3.28. The van der Waals surface area contributed by atoms with E-state index in [1.54, 1.807) is 31.4 Å². The van der Waals surface area contributed by atoms with E-state index in [0.717, 1.165) is 11.3 Å². The summed E-state index contributed by atoms with van der Waals surface area (Å²) in [4.78, 5) is 5.32. The number of nitrogens with two attached hydrogens (primary N) is 2. The van der Waals surface area contributed by atoms with Crippen molar-refractivity contribution in [3.63, 3.8) is 0 Å². The molecule has 0 bridgehead atoms. The van der Waals surface area contributed by atoms with Crippen LogP contribution in [0.2, 0.25) is 0 Å². The zero-order valence-electron chi connectivity index (χ0n) is 16.8. The molecule has 2 heterocycles. The van der Waals surface area contributed by atoms with Gasteiger partial charge in [0.15, 0.2) is 0 Å². The van der Waals surface area contributed by atoms with E-state index in [1.165, 1.54) is 11.0 Å². The van der Waals surface area contributed by atoms with Crippen molar-refractivity contribution in [1.29, 1.82) is 0 Å². The number of hydrogen-bond acceptors (Lipinski definition) is 8. The standard InChI is InChI=1S/C20H18BrN7O3S/c1-31-14-5-2-12(3-6-14)11-28-26-20(25-27-28)18-15(13-4-9-17(22)24-10-13)7-8-16(21)19(18)32(23,29)30/h2-10H,11H2,1H3,(H2,22,24)(H2,23,29,30). The van der Waals surface area contributed by atoms with Crippen LogP contribution in [-0.4, -0.2) is 40.7 Å². The summed E-state index contributed by atoms with van der Waals surface area (Å²) in [5, 5.41) is 18.1. The second kappa shape index (κ2) is 8.65. The summed E-state index contributed by atoms with van der Waals surface area (Å²) in [6, 6.07) is 14.1. The largest absolute Gasteiger partial charge is 0.497 e. The lowest BCUT2D eigenvalue weighted by molar-refractivity contribution is 0.414. The first kappa shape index (κ1) is 21.9. The number of hydrogen-bond donors (Lipinski definition) is 2. The third-order valence-electron chi connectivity index (χ3n) is 4.65. The highest BCUT2D eigenvalue weighted by molar-refractivity contribution is 9.10. The van der Waals surface area contributed by atoms with Crippen LogP contribution >= 0.6 is 15.9 Å². The van der Waals surface area contributed by atoms with Gasteiger partial charge in [-0.25, -0.2) is 18.5 Å². The molecular weight excluding hydrogens is 498 g/mol. The van der Waals surface area contributed by atoms with Gasteiger partial charge in [-0.1, -0.05) is 18.2 Å². The lowest BCUT2D eigenvalue weighted by atomic mass is 10.0. The molecule has 32 heavy (non-hydrogen) atoms. The molecule has 164 valence electrons. The van der Waals surface area contributed by atoms with Gasteiger partial charge >= 0.3 is 0 Å². The number of tetrazole rings is 1. The molecule has 0 aliphatic heterocycles. The minimum Gasteiger partial charge on any atom is -0.497 e. The van der Waals surface area contributed by atoms with Gasteiger partial charge in [0.2, 0.25) is 15.8 Å². The Kier molecular flexibility index (Phi) is 5.91. The molecular formula is C20H18BrN7O3S. The van der Waals surface area contributed by atoms with E-state index in [9.17, 15) is 8.42 Å². The number of halogens is 1. The van der Waals surface area contributed by atoms with Gasteiger partial charge in [0.25, 0.3) is 0 Å². The van der Waals surface area contributed by atoms with Crippen molar-refractivity contribution >= 4 is 31.8 Å². The zero-order valence-corrected chi connectivity index (χ0v) is 19.2. The van der Waals surface area contributed by atoms with Gasteiger partial charge in [0, 0.05) is 16.2 Å². The Balaban J connectivity index is 1.83. The number of methoxy groups -OCH3 is 1. The zero-order chi connectivity index (χ0) is 22.9. The fourth-order valence-electron chi connectivity index (χ4n) is 3.17. The molecule has 12 heteroatoms. The second-order valence-corrected chi connectivity index (χ2v) is 9.16. The van der Waals surface area contributed by atoms with Crippen LogP contribution in [-0.2, 0) is 16.6 Å². The van der Waals surface area contributed by atoms with Gasteiger partial charge in [-0.2, -0.15) is 4.80 Å². The lowest BCUT2D eigenvalue weighted by Gasteiger charge is -2.13. The number of rotatable bonds is 6. The molecule has 0 atom stereocenters. The smallest absolute Gasteiger partial charge is 0.239 e. The molecule has 4 rings (SSSR count). The molecule has 2 aromatic heterocycles. The minimum atomic E-state index is -4.13. The molecule has 0 saturated heterocycles. The van der Waals surface area contributed by atoms with Crippen molar-refractivity contribution in [3.8, 4) is 28.3 Å². The molecule has 0 aliphatic rings. The minimum absolute atomic E-state index is 0.107. The van der Waals surface area contributed by atoms with Crippen LogP contribution < -0.4 is 15.6 Å². The Bertz CT molecular complexity index is 1370. The average Bonchev–Trinajstić information content (AvgIpc) is 3.22. The highest BCUT2D eigenvalue weighted by atomic mass is 79.9. The van der Waals surface area contributed by atoms with Gasteiger partial charge in [-0.05, 0) is 62.6 Å². The van der Waals surface area contributed by atoms with E-state index in [4.69, 9.17) is 15.6 Å². The van der Waals surface area contributed by atoms with Gasteiger partial charge in [-0.15, -0.1) is 10.2 Å². The van der Waals surface area contributed by atoms with Crippen LogP contribution in [0, 0.1) is 0 Å². The van der Waals surface area contributed by atoms with E-state index < -0.39 is 10.0 Å². The van der Waals surface area contributed by atoms with Gasteiger partial charge in [0.1, 0.15) is 16.5 Å². The van der Waals surface area contributed by atoms with E-state index in [-0.39, 0.29) is 20.8 Å². The molecule has 0 amide bonds. The highest BCUT2D eigenvalue weighted by Crippen LogP contribution is 2.39. The Morgan fingerprint density at radius 3 is 2.47 bits per heavy atom. The number of nitrogen functional groups attached to an aromatic ring is 1. The van der Waals surface area contributed by atoms with Crippen molar-refractivity contribution in [1.82, 2.24) is 25.2 Å². The summed E-state index contributed by atoms with van der Waals surface area (Å²) in [5.74, 6) is 1.17. The van der Waals surface area contributed by atoms with Crippen molar-refractivity contribution in [2.24, 2.45) is 5.14 Å². The number of nitrogens with zero attached hydrogens (tertiary/aromatic N) is 5. The van der Waals surface area contributed by atoms with Crippen LogP contribution in [0.15, 0.2) is 64.1 Å². The summed E-state index contributed by atoms with van der Waals surface area (Å²) < 4.78 is 30.4. The van der Waals surface area contributed by atoms with Crippen LogP contribution in [0.3, 0.4) is 0 Å². The SMILES string of the molecule is COc1ccc(Cn2nnc(-c3c(-c4ccc(N)nc4)ccc(Br)c3S(N)(=O)=O)n2)cc1. The summed E-state index contributed by atoms with van der Waals surface area (Å²) in [5.41, 5.74) is 7.97. The van der Waals surface area contributed by atoms with Crippen LogP contribution in [0.5, 0.6) is 5.75 Å². The number of anilines is 1. The maximum absolute atomic E-state index is 12.5. The molecule has 10 nitrogen and oxygen atoms in total. The van der Waals surface area contributed by atoms with Crippen molar-refractivity contribution in [2.45, 2.75) is 11.4 Å². The highest BCUT2D eigenvalue weighted by Gasteiger charge is 2.26. The predicted octanol–water partition coefficient (Wildman–Crippen LogP) is 2.45. The van der Waals surface area contributed by atoms with Gasteiger partial charge in [-0.3, -0.25) is 0 Å². The van der Waals surface area contributed by atoms with Crippen molar-refractivity contribution in [2.75, 3.05) is 12.8 Å². The van der Waals surface area contributed by atoms with Crippen LogP contribution in [0.25, 0.3) is 22.5 Å². The maximum Gasteiger partial charge on any atom is 0.239 e. The number of pyridine rings is 1. The van der Waals surface area contributed by atoms with E-state index in [0.29, 0.717) is 23.5 Å². The molecule has 0 fully saturated rings. The predicted molar refractivity (Wildman–Crippen MR) is 122 cm³/mol. The molecule has 0 radical (unpaired) electrons. The molecule has 0 unspecified atom stereocenters. The van der Waals surface area contributed by atoms with E-state index in [1.807, 2.05) is 24.3 Å². The number of ether oxygens (including phenoxy) is 1. The summed E-state index contributed by atoms with van der Waals surface area (Å²) in [6.45, 7) is 0.328. The topological polar surface area (TPSA) is 152 Å². The van der Waals surface area contributed by atoms with Gasteiger partial charge in [0.05, 0.1) is 19.2 Å². The maximum atomic E-state index is 12.5. The molecule has 4 N–H and O–H groups in total. The summed E-state index contributed by atoms with van der Waals surface area (Å²) in [7, 11) is -2.54. The van der Waals surface area contributed by atoms with Crippen LogP contribution in [0.4, 0.5) is 5.82 Å². The quantitative estimate of drug-likeness (QED) is 0.397. The third kappa shape index (κ3) is 4.47. The molecule has 0 spiro atoms. The van der Waals surface area contributed by atoms with Gasteiger partial charge < -0.3 is 10.5 Å². The fourth-order valence-corrected chi connectivity index (χ4v) is 5.00. The normalized spacial score (nSPS) is 11.5. The lowest BCUT2D eigenvalue weighted by Crippen LogP contribution is -2.15. The molecule has 0 aliphatic carbocycles. The van der Waals surface area contributed by atoms with E-state index in [2.05, 4.69) is 36.3 Å². The second-order valence-electron chi connectivity index (χ2n) is 6.81.